The number of hydrogen-bond acceptors (Lipinski definition) is 4. The van der Waals surface area contributed by atoms with Crippen molar-refractivity contribution in [3.63, 3.8) is 0 Å². The Kier molecular flexibility index (Phi) is 2.21. The maximum atomic E-state index is 7.66. The molecule has 0 atom stereocenters. The fourth-order valence-corrected chi connectivity index (χ4v) is 2.74. The van der Waals surface area contributed by atoms with Crippen LogP contribution in [0.4, 0.5) is 5.69 Å². The van der Waals surface area contributed by atoms with Gasteiger partial charge in [0.15, 0.2) is 11.3 Å². The van der Waals surface area contributed by atoms with Gasteiger partial charge in [0.2, 0.25) is 0 Å². The Bertz CT molecular complexity index is 892. The summed E-state index contributed by atoms with van der Waals surface area (Å²) in [6, 6.07) is 7.05. The van der Waals surface area contributed by atoms with Crippen molar-refractivity contribution in [3.05, 3.63) is 46.8 Å². The van der Waals surface area contributed by atoms with Crippen LogP contribution in [0.3, 0.4) is 0 Å². The summed E-state index contributed by atoms with van der Waals surface area (Å²) in [5.74, 6) is 0.615. The Balaban J connectivity index is 2.17. The topological polar surface area (TPSA) is 75.9 Å². The van der Waals surface area contributed by atoms with E-state index in [2.05, 4.69) is 17.1 Å². The van der Waals surface area contributed by atoms with Gasteiger partial charge in [-0.25, -0.2) is 4.98 Å². The fourth-order valence-electron chi connectivity index (χ4n) is 2.74. The summed E-state index contributed by atoms with van der Waals surface area (Å²) in [6.07, 6.45) is 6.17. The van der Waals surface area contributed by atoms with Crippen molar-refractivity contribution in [2.24, 2.45) is 0 Å². The van der Waals surface area contributed by atoms with Crippen LogP contribution in [-0.2, 0) is 6.42 Å². The fraction of sp³-hybridized carbons (Fsp3) is 0.125. The molecule has 20 heavy (non-hydrogen) atoms. The van der Waals surface area contributed by atoms with Crippen LogP contribution in [0.2, 0.25) is 0 Å². The third-order valence-electron chi connectivity index (χ3n) is 3.71. The van der Waals surface area contributed by atoms with E-state index in [1.54, 1.807) is 12.1 Å². The predicted octanol–water partition coefficient (Wildman–Crippen LogP) is 2.95. The maximum absolute atomic E-state index is 7.66. The van der Waals surface area contributed by atoms with Gasteiger partial charge >= 0.3 is 0 Å². The number of nitrogens with two attached hydrogens (primary N) is 1. The van der Waals surface area contributed by atoms with Crippen molar-refractivity contribution >= 4 is 22.9 Å². The third-order valence-corrected chi connectivity index (χ3v) is 3.71. The van der Waals surface area contributed by atoms with Gasteiger partial charge in [0.1, 0.15) is 11.2 Å². The lowest BCUT2D eigenvalue weighted by molar-refractivity contribution is 0.612. The summed E-state index contributed by atoms with van der Waals surface area (Å²) < 4.78 is 5.88. The number of aromatic nitrogens is 1. The lowest BCUT2D eigenvalue weighted by Gasteiger charge is -2.16. The number of nitrogens with one attached hydrogen (secondary N) is 1. The number of hydrogen-bond donors (Lipinski definition) is 2. The highest BCUT2D eigenvalue weighted by atomic mass is 16.3. The Morgan fingerprint density at radius 1 is 1.25 bits per heavy atom. The first-order valence-corrected chi connectivity index (χ1v) is 6.59. The molecule has 4 heteroatoms. The second-order valence-corrected chi connectivity index (χ2v) is 5.04. The normalized spacial score (nSPS) is 13.8. The van der Waals surface area contributed by atoms with Gasteiger partial charge in [-0.1, -0.05) is 12.2 Å². The molecule has 3 N–H and O–H groups in total. The van der Waals surface area contributed by atoms with E-state index in [9.17, 15) is 0 Å². The number of fused-ring (bicyclic) bond motifs is 4. The molecule has 0 bridgehead atoms. The average molecular weight is 263 g/mol. The Morgan fingerprint density at radius 3 is 3.05 bits per heavy atom. The molecule has 1 aromatic rings. The Labute approximate surface area is 115 Å². The van der Waals surface area contributed by atoms with Gasteiger partial charge in [-0.15, -0.1) is 0 Å². The van der Waals surface area contributed by atoms with Crippen LogP contribution >= 0.6 is 0 Å². The van der Waals surface area contributed by atoms with Crippen LogP contribution in [-0.4, -0.2) is 4.98 Å². The van der Waals surface area contributed by atoms with E-state index in [1.807, 2.05) is 12.1 Å². The Hall–Kier alpha value is -2.62. The van der Waals surface area contributed by atoms with E-state index in [1.165, 1.54) is 0 Å². The highest BCUT2D eigenvalue weighted by molar-refractivity contribution is 5.91. The average Bonchev–Trinajstić information content (AvgIpc) is 2.46. The van der Waals surface area contributed by atoms with Crippen molar-refractivity contribution in [2.75, 3.05) is 5.73 Å². The van der Waals surface area contributed by atoms with Gasteiger partial charge < -0.3 is 15.6 Å². The lowest BCUT2D eigenvalue weighted by Crippen LogP contribution is -2.04. The highest BCUT2D eigenvalue weighted by Gasteiger charge is 2.17. The zero-order chi connectivity index (χ0) is 13.7. The van der Waals surface area contributed by atoms with Gasteiger partial charge in [0.25, 0.3) is 0 Å². The minimum absolute atomic E-state index is 0.410. The van der Waals surface area contributed by atoms with Crippen LogP contribution in [0.25, 0.3) is 28.6 Å². The monoisotopic (exact) mass is 263 g/mol. The highest BCUT2D eigenvalue weighted by Crippen LogP contribution is 2.34. The lowest BCUT2D eigenvalue weighted by atomic mass is 9.94. The maximum Gasteiger partial charge on any atom is 0.155 e. The second kappa shape index (κ2) is 3.93. The predicted molar refractivity (Wildman–Crippen MR) is 78.3 cm³/mol. The SMILES string of the molecule is N=c1ccc2nc3c4c(c(N)cc3oc-2c1)CCC=C4. The summed E-state index contributed by atoms with van der Waals surface area (Å²) in [5.41, 5.74) is 11.4. The first-order chi connectivity index (χ1) is 9.72. The van der Waals surface area contributed by atoms with E-state index in [-0.39, 0.29) is 0 Å². The molecule has 0 radical (unpaired) electrons. The molecule has 1 heterocycles. The van der Waals surface area contributed by atoms with E-state index < -0.39 is 0 Å². The third kappa shape index (κ3) is 1.54. The molecule has 0 unspecified atom stereocenters. The van der Waals surface area contributed by atoms with Gasteiger partial charge in [-0.3, -0.25) is 0 Å². The molecule has 0 spiro atoms. The number of anilines is 1. The number of nitrogen functional groups attached to an aromatic ring is 1. The van der Waals surface area contributed by atoms with Gasteiger partial charge in [0.05, 0.1) is 5.36 Å². The van der Waals surface area contributed by atoms with Crippen molar-refractivity contribution in [1.29, 1.82) is 5.41 Å². The molecule has 0 saturated carbocycles. The molecule has 0 amide bonds. The van der Waals surface area contributed by atoms with Crippen molar-refractivity contribution in [2.45, 2.75) is 12.8 Å². The van der Waals surface area contributed by atoms with Crippen molar-refractivity contribution in [3.8, 4) is 11.5 Å². The second-order valence-electron chi connectivity index (χ2n) is 5.04. The first-order valence-electron chi connectivity index (χ1n) is 6.59. The van der Waals surface area contributed by atoms with Crippen LogP contribution < -0.4 is 11.1 Å². The quantitative estimate of drug-likeness (QED) is 0.483. The van der Waals surface area contributed by atoms with Gasteiger partial charge in [-0.2, -0.15) is 0 Å². The van der Waals surface area contributed by atoms with Crippen LogP contribution in [0.5, 0.6) is 0 Å². The minimum atomic E-state index is 0.410. The van der Waals surface area contributed by atoms with Crippen LogP contribution in [0, 0.1) is 5.41 Å². The molecule has 4 nitrogen and oxygen atoms in total. The summed E-state index contributed by atoms with van der Waals surface area (Å²) in [6.45, 7) is 0. The first kappa shape index (κ1) is 11.2. The molecule has 0 aromatic heterocycles. The molecule has 98 valence electrons. The zero-order valence-corrected chi connectivity index (χ0v) is 10.8. The summed E-state index contributed by atoms with van der Waals surface area (Å²) >= 11 is 0. The van der Waals surface area contributed by atoms with E-state index >= 15 is 0 Å². The standard InChI is InChI=1S/C16H13N3O/c17-9-5-6-13-14(7-9)20-15-8-12(18)10-3-1-2-4-11(10)16(15)19-13/h2,4-8,17H,1,3,18H2. The smallest absolute Gasteiger partial charge is 0.155 e. The van der Waals surface area contributed by atoms with Gasteiger partial charge in [-0.05, 0) is 30.5 Å². The number of nitrogens with zero attached hydrogens (tertiary/aromatic N) is 1. The van der Waals surface area contributed by atoms with E-state index in [0.717, 1.165) is 40.9 Å². The Morgan fingerprint density at radius 2 is 2.15 bits per heavy atom. The largest absolute Gasteiger partial charge is 0.453 e. The summed E-state index contributed by atoms with van der Waals surface area (Å²) in [4.78, 5) is 4.69. The molecule has 0 fully saturated rings. The molecular weight excluding hydrogens is 250 g/mol. The van der Waals surface area contributed by atoms with Gasteiger partial charge in [0, 0.05) is 23.4 Å². The van der Waals surface area contributed by atoms with Crippen molar-refractivity contribution in [1.82, 2.24) is 4.98 Å². The summed E-state index contributed by atoms with van der Waals surface area (Å²) in [5, 5.41) is 8.07. The number of rotatable bonds is 0. The van der Waals surface area contributed by atoms with E-state index in [4.69, 9.17) is 15.6 Å². The number of benzene rings is 2. The minimum Gasteiger partial charge on any atom is -0.453 e. The molecule has 4 rings (SSSR count). The van der Waals surface area contributed by atoms with Crippen molar-refractivity contribution < 1.29 is 4.42 Å². The molecular formula is C16H13N3O. The van der Waals surface area contributed by atoms with Crippen LogP contribution in [0.1, 0.15) is 17.5 Å². The molecule has 3 aliphatic rings. The van der Waals surface area contributed by atoms with E-state index in [0.29, 0.717) is 16.7 Å². The zero-order valence-electron chi connectivity index (χ0n) is 10.8. The molecule has 1 aromatic carbocycles. The number of allylic oxidation sites excluding steroid dienone is 1. The molecule has 0 saturated heterocycles. The molecule has 2 aliphatic carbocycles. The summed E-state index contributed by atoms with van der Waals surface area (Å²) in [7, 11) is 0. The molecule has 1 aliphatic heterocycles. The van der Waals surface area contributed by atoms with Crippen LogP contribution in [0.15, 0.2) is 34.8 Å².